The monoisotopic (exact) mass is 642 g/mol. The fourth-order valence-corrected chi connectivity index (χ4v) is 7.14. The quantitative estimate of drug-likeness (QED) is 0.269. The van der Waals surface area contributed by atoms with E-state index in [4.69, 9.17) is 4.74 Å². The number of halogens is 2. The summed E-state index contributed by atoms with van der Waals surface area (Å²) in [6, 6.07) is 7.06. The zero-order valence-electron chi connectivity index (χ0n) is 24.1. The highest BCUT2D eigenvalue weighted by molar-refractivity contribution is 7.99. The molecule has 3 aromatic heterocycles. The average Bonchev–Trinajstić information content (AvgIpc) is 3.65. The van der Waals surface area contributed by atoms with Crippen molar-refractivity contribution >= 4 is 46.7 Å². The summed E-state index contributed by atoms with van der Waals surface area (Å²) >= 11 is 3.42. The Morgan fingerprint density at radius 2 is 1.98 bits per heavy atom. The Hall–Kier alpha value is -3.69. The molecule has 0 bridgehead atoms. The third-order valence-corrected chi connectivity index (χ3v) is 9.64. The number of carbonyl (C=O) groups excluding carboxylic acids is 2. The number of hydrogen-bond donors (Lipinski definition) is 1. The first-order chi connectivity index (χ1) is 21.4. The van der Waals surface area contributed by atoms with Crippen LogP contribution in [0.1, 0.15) is 23.2 Å². The van der Waals surface area contributed by atoms with Crippen molar-refractivity contribution in [3.05, 3.63) is 54.6 Å². The fourth-order valence-electron chi connectivity index (χ4n) is 5.62. The van der Waals surface area contributed by atoms with E-state index >= 15 is 0 Å². The van der Waals surface area contributed by atoms with Crippen molar-refractivity contribution < 1.29 is 23.1 Å². The van der Waals surface area contributed by atoms with Crippen LogP contribution in [0.5, 0.6) is 5.75 Å². The Morgan fingerprint density at radius 3 is 2.73 bits per heavy atom. The minimum Gasteiger partial charge on any atom is -0.434 e. The summed E-state index contributed by atoms with van der Waals surface area (Å²) in [5.74, 6) is 1.65. The summed E-state index contributed by atoms with van der Waals surface area (Å²) in [6.07, 6.45) is 10.4. The molecule has 11 nitrogen and oxygen atoms in total. The molecule has 15 heteroatoms. The molecule has 0 atom stereocenters. The molecule has 2 amide bonds. The van der Waals surface area contributed by atoms with Gasteiger partial charge in [-0.05, 0) is 54.9 Å². The first-order valence-electron chi connectivity index (χ1n) is 14.3. The van der Waals surface area contributed by atoms with Crippen LogP contribution < -0.4 is 10.1 Å². The Kier molecular flexibility index (Phi) is 9.33. The van der Waals surface area contributed by atoms with E-state index < -0.39 is 12.5 Å². The van der Waals surface area contributed by atoms with E-state index in [1.807, 2.05) is 22.9 Å². The topological polar surface area (TPSA) is 110 Å². The third kappa shape index (κ3) is 6.69. The molecule has 2 saturated heterocycles. The number of nitrogens with zero attached hydrogens (tertiary/aromatic N) is 7. The molecular weight excluding hydrogens is 611 g/mol. The van der Waals surface area contributed by atoms with Gasteiger partial charge in [0.1, 0.15) is 23.6 Å². The summed E-state index contributed by atoms with van der Waals surface area (Å²) in [5, 5.41) is 11.6. The smallest absolute Gasteiger partial charge is 0.387 e. The first kappa shape index (κ1) is 30.3. The Labute approximate surface area is 261 Å². The van der Waals surface area contributed by atoms with Gasteiger partial charge in [0, 0.05) is 61.3 Å². The first-order valence-corrected chi connectivity index (χ1v) is 16.7. The summed E-state index contributed by atoms with van der Waals surface area (Å²) < 4.78 is 34.5. The molecule has 5 heterocycles. The van der Waals surface area contributed by atoms with Gasteiger partial charge in [0.25, 0.3) is 5.91 Å². The van der Waals surface area contributed by atoms with Crippen molar-refractivity contribution in [1.29, 1.82) is 0 Å². The van der Waals surface area contributed by atoms with E-state index in [-0.39, 0.29) is 40.7 Å². The number of aromatic nitrogens is 5. The SMILES string of the molecule is CSc1ccc(OC(F)F)c(-c2nn(CC(=O)N3CCN(C4CCSCC4)CC3)cc2NC(=O)c2cnn3cccnc23)c1. The fraction of sp³-hybridized carbons (Fsp3) is 0.414. The molecular formula is C29H32F2N8O3S2. The van der Waals surface area contributed by atoms with E-state index in [2.05, 4.69) is 25.4 Å². The zero-order chi connectivity index (χ0) is 30.6. The predicted molar refractivity (Wildman–Crippen MR) is 166 cm³/mol. The van der Waals surface area contributed by atoms with Crippen LogP contribution in [0.25, 0.3) is 16.9 Å². The number of hydrogen-bond acceptors (Lipinski definition) is 9. The van der Waals surface area contributed by atoms with Gasteiger partial charge >= 0.3 is 6.61 Å². The van der Waals surface area contributed by atoms with E-state index in [9.17, 15) is 18.4 Å². The highest BCUT2D eigenvalue weighted by atomic mass is 32.2. The van der Waals surface area contributed by atoms with Crippen LogP contribution in [0.4, 0.5) is 14.5 Å². The molecule has 0 radical (unpaired) electrons. The van der Waals surface area contributed by atoms with Gasteiger partial charge in [0.2, 0.25) is 5.91 Å². The van der Waals surface area contributed by atoms with Crippen LogP contribution in [-0.2, 0) is 11.3 Å². The minimum atomic E-state index is -3.06. The summed E-state index contributed by atoms with van der Waals surface area (Å²) in [6.45, 7) is -0.221. The number of benzene rings is 1. The van der Waals surface area contributed by atoms with Crippen LogP contribution in [0.15, 0.2) is 53.9 Å². The number of anilines is 1. The molecule has 4 aromatic rings. The number of alkyl halides is 2. The Bertz CT molecular complexity index is 1630. The summed E-state index contributed by atoms with van der Waals surface area (Å²) in [7, 11) is 0. The second-order valence-electron chi connectivity index (χ2n) is 10.5. The Balaban J connectivity index is 1.26. The summed E-state index contributed by atoms with van der Waals surface area (Å²) in [5.41, 5.74) is 1.26. The lowest BCUT2D eigenvalue weighted by Crippen LogP contribution is -2.53. The van der Waals surface area contributed by atoms with E-state index in [0.717, 1.165) is 18.0 Å². The van der Waals surface area contributed by atoms with Gasteiger partial charge in [-0.3, -0.25) is 19.2 Å². The maximum atomic E-state index is 13.4. The van der Waals surface area contributed by atoms with E-state index in [1.54, 1.807) is 30.6 Å². The van der Waals surface area contributed by atoms with Crippen molar-refractivity contribution in [2.75, 3.05) is 49.3 Å². The van der Waals surface area contributed by atoms with Gasteiger partial charge in [-0.15, -0.1) is 11.8 Å². The van der Waals surface area contributed by atoms with Crippen molar-refractivity contribution in [2.24, 2.45) is 0 Å². The number of thioether (sulfide) groups is 2. The van der Waals surface area contributed by atoms with Gasteiger partial charge in [0.15, 0.2) is 5.65 Å². The lowest BCUT2D eigenvalue weighted by molar-refractivity contribution is -0.134. The maximum absolute atomic E-state index is 13.4. The number of ether oxygens (including phenoxy) is 1. The van der Waals surface area contributed by atoms with Gasteiger partial charge in [0.05, 0.1) is 11.9 Å². The maximum Gasteiger partial charge on any atom is 0.387 e. The molecule has 1 aromatic carbocycles. The van der Waals surface area contributed by atoms with Crippen molar-refractivity contribution in [3.8, 4) is 17.0 Å². The number of piperazine rings is 1. The molecule has 0 unspecified atom stereocenters. The molecule has 0 saturated carbocycles. The van der Waals surface area contributed by atoms with E-state index in [1.165, 1.54) is 63.8 Å². The second-order valence-corrected chi connectivity index (χ2v) is 12.6. The van der Waals surface area contributed by atoms with Crippen LogP contribution in [0.2, 0.25) is 0 Å². The van der Waals surface area contributed by atoms with Crippen molar-refractivity contribution in [2.45, 2.75) is 36.9 Å². The molecule has 2 fully saturated rings. The van der Waals surface area contributed by atoms with Crippen molar-refractivity contribution in [1.82, 2.24) is 34.2 Å². The lowest BCUT2D eigenvalue weighted by atomic mass is 10.1. The third-order valence-electron chi connectivity index (χ3n) is 7.86. The van der Waals surface area contributed by atoms with Crippen LogP contribution in [0.3, 0.4) is 0 Å². The molecule has 1 N–H and O–H groups in total. The van der Waals surface area contributed by atoms with Gasteiger partial charge in [-0.25, -0.2) is 9.50 Å². The van der Waals surface area contributed by atoms with Crippen LogP contribution >= 0.6 is 23.5 Å². The molecule has 232 valence electrons. The number of carbonyl (C=O) groups is 2. The van der Waals surface area contributed by atoms with Gasteiger partial charge < -0.3 is 15.0 Å². The van der Waals surface area contributed by atoms with Gasteiger partial charge in [-0.1, -0.05) is 0 Å². The molecule has 2 aliphatic rings. The number of nitrogens with one attached hydrogen (secondary N) is 1. The molecule has 44 heavy (non-hydrogen) atoms. The molecule has 2 aliphatic heterocycles. The molecule has 0 spiro atoms. The largest absolute Gasteiger partial charge is 0.434 e. The summed E-state index contributed by atoms with van der Waals surface area (Å²) in [4.78, 5) is 36.2. The number of amides is 2. The van der Waals surface area contributed by atoms with Gasteiger partial charge in [-0.2, -0.15) is 30.7 Å². The van der Waals surface area contributed by atoms with E-state index in [0.29, 0.717) is 24.8 Å². The zero-order valence-corrected chi connectivity index (χ0v) is 25.7. The normalized spacial score (nSPS) is 16.5. The minimum absolute atomic E-state index is 0.0749. The predicted octanol–water partition coefficient (Wildman–Crippen LogP) is 4.21. The van der Waals surface area contributed by atoms with Crippen LogP contribution in [0, 0.1) is 0 Å². The van der Waals surface area contributed by atoms with Crippen LogP contribution in [-0.4, -0.2) is 103 Å². The number of fused-ring (bicyclic) bond motifs is 1. The molecule has 6 rings (SSSR count). The average molecular weight is 643 g/mol. The highest BCUT2D eigenvalue weighted by Crippen LogP contribution is 2.38. The lowest BCUT2D eigenvalue weighted by Gasteiger charge is -2.40. The van der Waals surface area contributed by atoms with Crippen molar-refractivity contribution in [3.63, 3.8) is 0 Å². The highest BCUT2D eigenvalue weighted by Gasteiger charge is 2.28. The Morgan fingerprint density at radius 1 is 1.18 bits per heavy atom. The molecule has 0 aliphatic carbocycles. The number of rotatable bonds is 9. The standard InChI is InChI=1S/C29H32F2N8O3S2/c1-43-20-3-4-24(42-29(30)31)21(15-20)26-23(34-28(41)22-16-33-39-8-2-7-32-27(22)39)17-38(35-26)18-25(40)37-11-9-36(10-12-37)19-5-13-44-14-6-19/h2-4,7-8,15-17,19,29H,5-6,9-14,18H2,1H3,(H,34,41). The second kappa shape index (κ2) is 13.5.